The third kappa shape index (κ3) is 1.44. The maximum absolute atomic E-state index is 8.97. The molecule has 0 amide bonds. The smallest absolute Gasteiger partial charge is 0.149 e. The Kier molecular flexibility index (Phi) is 2.58. The molecule has 1 aliphatic heterocycles. The van der Waals surface area contributed by atoms with Gasteiger partial charge in [-0.25, -0.2) is 9.78 Å². The van der Waals surface area contributed by atoms with Crippen LogP contribution in [-0.2, 0) is 9.78 Å². The van der Waals surface area contributed by atoms with Gasteiger partial charge in [-0.3, -0.25) is 0 Å². The molecular formula is C5H10O5. The van der Waals surface area contributed by atoms with Gasteiger partial charge in [-0.05, 0) is 0 Å². The summed E-state index contributed by atoms with van der Waals surface area (Å²) < 4.78 is 0. The minimum absolute atomic E-state index is 0.0434. The summed E-state index contributed by atoms with van der Waals surface area (Å²) in [7, 11) is 0. The Bertz CT molecular complexity index is 106. The van der Waals surface area contributed by atoms with E-state index in [-0.39, 0.29) is 6.61 Å². The normalized spacial score (nSPS) is 36.3. The van der Waals surface area contributed by atoms with Gasteiger partial charge in [0, 0.05) is 0 Å². The second-order valence-corrected chi connectivity index (χ2v) is 2.16. The number of aliphatic hydroxyl groups excluding tert-OH is 3. The molecule has 1 saturated heterocycles. The van der Waals surface area contributed by atoms with Crippen LogP contribution in [0, 0.1) is 0 Å². The molecule has 10 heavy (non-hydrogen) atoms. The van der Waals surface area contributed by atoms with E-state index in [0.717, 1.165) is 0 Å². The molecule has 3 N–H and O–H groups in total. The van der Waals surface area contributed by atoms with Crippen molar-refractivity contribution in [2.75, 3.05) is 13.2 Å². The minimum atomic E-state index is -1.07. The first-order valence-electron chi connectivity index (χ1n) is 3.01. The standard InChI is InChI=1S/C5H10O5/c6-1-3(7)5-4(8)2-9-10-5/h3-8H,1-2H2/t3-,4?,5+/m1/s1. The van der Waals surface area contributed by atoms with Crippen LogP contribution < -0.4 is 0 Å². The van der Waals surface area contributed by atoms with Crippen LogP contribution in [0.5, 0.6) is 0 Å². The van der Waals surface area contributed by atoms with Gasteiger partial charge in [0.25, 0.3) is 0 Å². The van der Waals surface area contributed by atoms with E-state index in [9.17, 15) is 0 Å². The molecule has 0 aromatic heterocycles. The lowest BCUT2D eigenvalue weighted by Gasteiger charge is -2.14. The maximum atomic E-state index is 8.97. The number of hydrogen-bond acceptors (Lipinski definition) is 5. The van der Waals surface area contributed by atoms with Gasteiger partial charge in [0.15, 0.2) is 0 Å². The van der Waals surface area contributed by atoms with Gasteiger partial charge in [-0.15, -0.1) is 0 Å². The average molecular weight is 150 g/mol. The van der Waals surface area contributed by atoms with Crippen molar-refractivity contribution in [1.29, 1.82) is 0 Å². The zero-order valence-electron chi connectivity index (χ0n) is 5.30. The summed E-state index contributed by atoms with van der Waals surface area (Å²) in [6.45, 7) is -0.396. The van der Waals surface area contributed by atoms with Crippen molar-refractivity contribution in [1.82, 2.24) is 0 Å². The van der Waals surface area contributed by atoms with E-state index in [1.54, 1.807) is 0 Å². The molecule has 1 aliphatic rings. The number of aliphatic hydroxyl groups is 3. The van der Waals surface area contributed by atoms with E-state index in [4.69, 9.17) is 15.3 Å². The van der Waals surface area contributed by atoms with Crippen LogP contribution >= 0.6 is 0 Å². The summed E-state index contributed by atoms with van der Waals surface area (Å²) in [5, 5.41) is 26.3. The fourth-order valence-electron chi connectivity index (χ4n) is 0.771. The van der Waals surface area contributed by atoms with Crippen LogP contribution in [0.1, 0.15) is 0 Å². The van der Waals surface area contributed by atoms with Gasteiger partial charge in [0.2, 0.25) is 0 Å². The van der Waals surface area contributed by atoms with Crippen LogP contribution in [0.25, 0.3) is 0 Å². The second kappa shape index (κ2) is 3.27. The molecule has 5 nitrogen and oxygen atoms in total. The van der Waals surface area contributed by atoms with E-state index in [0.29, 0.717) is 0 Å². The van der Waals surface area contributed by atoms with Crippen LogP contribution in [-0.4, -0.2) is 46.8 Å². The van der Waals surface area contributed by atoms with Crippen LogP contribution in [0.4, 0.5) is 0 Å². The first kappa shape index (κ1) is 7.90. The SMILES string of the molecule is OC[C@@H](O)[C@@H]1OOCC1O. The zero-order valence-corrected chi connectivity index (χ0v) is 5.30. The van der Waals surface area contributed by atoms with Crippen molar-refractivity contribution >= 4 is 0 Å². The van der Waals surface area contributed by atoms with Gasteiger partial charge in [-0.1, -0.05) is 0 Å². The Morgan fingerprint density at radius 3 is 2.70 bits per heavy atom. The summed E-state index contributed by atoms with van der Waals surface area (Å²) in [5.74, 6) is 0. The first-order chi connectivity index (χ1) is 4.75. The van der Waals surface area contributed by atoms with Crippen molar-refractivity contribution in [3.05, 3.63) is 0 Å². The molecule has 3 atom stereocenters. The Hall–Kier alpha value is -0.200. The van der Waals surface area contributed by atoms with Gasteiger partial charge in [-0.2, -0.15) is 0 Å². The third-order valence-corrected chi connectivity index (χ3v) is 1.36. The largest absolute Gasteiger partial charge is 0.394 e. The molecule has 1 rings (SSSR count). The lowest BCUT2D eigenvalue weighted by molar-refractivity contribution is -0.290. The highest BCUT2D eigenvalue weighted by Gasteiger charge is 2.34. The van der Waals surface area contributed by atoms with Gasteiger partial charge in [0.1, 0.15) is 24.9 Å². The molecule has 0 aromatic rings. The van der Waals surface area contributed by atoms with E-state index in [2.05, 4.69) is 9.78 Å². The van der Waals surface area contributed by atoms with Crippen molar-refractivity contribution in [2.24, 2.45) is 0 Å². The lowest BCUT2D eigenvalue weighted by Crippen LogP contribution is -2.37. The Morgan fingerprint density at radius 1 is 1.60 bits per heavy atom. The van der Waals surface area contributed by atoms with E-state index in [1.807, 2.05) is 0 Å². The highest BCUT2D eigenvalue weighted by Crippen LogP contribution is 2.13. The van der Waals surface area contributed by atoms with E-state index >= 15 is 0 Å². The Morgan fingerprint density at radius 2 is 2.30 bits per heavy atom. The second-order valence-electron chi connectivity index (χ2n) is 2.16. The van der Waals surface area contributed by atoms with Crippen LogP contribution in [0.2, 0.25) is 0 Å². The number of hydrogen-bond donors (Lipinski definition) is 3. The zero-order chi connectivity index (χ0) is 7.56. The topological polar surface area (TPSA) is 79.2 Å². The van der Waals surface area contributed by atoms with E-state index < -0.39 is 24.9 Å². The quantitative estimate of drug-likeness (QED) is 0.398. The van der Waals surface area contributed by atoms with Crippen molar-refractivity contribution in [3.63, 3.8) is 0 Å². The summed E-state index contributed by atoms with van der Waals surface area (Å²) in [5.41, 5.74) is 0. The van der Waals surface area contributed by atoms with Gasteiger partial charge < -0.3 is 15.3 Å². The maximum Gasteiger partial charge on any atom is 0.149 e. The molecule has 5 heteroatoms. The molecular weight excluding hydrogens is 140 g/mol. The van der Waals surface area contributed by atoms with E-state index in [1.165, 1.54) is 0 Å². The minimum Gasteiger partial charge on any atom is -0.394 e. The molecule has 0 aliphatic carbocycles. The summed E-state index contributed by atoms with van der Waals surface area (Å²) in [6.07, 6.45) is -2.73. The highest BCUT2D eigenvalue weighted by atomic mass is 17.2. The molecule has 0 saturated carbocycles. The molecule has 1 fully saturated rings. The first-order valence-corrected chi connectivity index (χ1v) is 3.01. The molecule has 1 heterocycles. The Labute approximate surface area is 57.7 Å². The van der Waals surface area contributed by atoms with Crippen molar-refractivity contribution in [2.45, 2.75) is 18.3 Å². The molecule has 60 valence electrons. The molecule has 0 aromatic carbocycles. The predicted molar refractivity (Wildman–Crippen MR) is 29.9 cm³/mol. The average Bonchev–Trinajstić information content (AvgIpc) is 2.34. The van der Waals surface area contributed by atoms with Crippen LogP contribution in [0.15, 0.2) is 0 Å². The van der Waals surface area contributed by atoms with Gasteiger partial charge in [0.05, 0.1) is 6.61 Å². The molecule has 0 bridgehead atoms. The summed E-state index contributed by atoms with van der Waals surface area (Å²) in [6, 6.07) is 0. The Balaban J connectivity index is 2.38. The molecule has 0 spiro atoms. The fraction of sp³-hybridized carbons (Fsp3) is 1.00. The highest BCUT2D eigenvalue weighted by molar-refractivity contribution is 4.77. The summed E-state index contributed by atoms with van der Waals surface area (Å²) >= 11 is 0. The third-order valence-electron chi connectivity index (χ3n) is 1.36. The predicted octanol–water partition coefficient (Wildman–Crippen LogP) is -1.97. The van der Waals surface area contributed by atoms with Crippen LogP contribution in [0.3, 0.4) is 0 Å². The fourth-order valence-corrected chi connectivity index (χ4v) is 0.771. The number of rotatable bonds is 2. The van der Waals surface area contributed by atoms with Crippen molar-refractivity contribution < 1.29 is 25.1 Å². The molecule has 1 unspecified atom stereocenters. The molecule has 0 radical (unpaired) electrons. The lowest BCUT2D eigenvalue weighted by atomic mass is 10.1. The summed E-state index contributed by atoms with van der Waals surface area (Å²) in [4.78, 5) is 8.83. The van der Waals surface area contributed by atoms with Crippen molar-refractivity contribution in [3.8, 4) is 0 Å². The van der Waals surface area contributed by atoms with Gasteiger partial charge >= 0.3 is 0 Å². The monoisotopic (exact) mass is 150 g/mol.